The highest BCUT2D eigenvalue weighted by atomic mass is 35.5. The number of carbonyl (C=O) groups excluding carboxylic acids is 3. The van der Waals surface area contributed by atoms with Gasteiger partial charge in [-0.1, -0.05) is 23.2 Å². The minimum Gasteiger partial charge on any atom is -0.482 e. The van der Waals surface area contributed by atoms with Crippen molar-refractivity contribution < 1.29 is 19.1 Å². The van der Waals surface area contributed by atoms with E-state index in [2.05, 4.69) is 16.2 Å². The monoisotopic (exact) mass is 333 g/mol. The largest absolute Gasteiger partial charge is 0.482 e. The molecule has 0 saturated carbocycles. The number of ether oxygens (including phenoxy) is 1. The van der Waals surface area contributed by atoms with Crippen LogP contribution in [0.15, 0.2) is 18.2 Å². The number of rotatable bonds is 5. The predicted octanol–water partition coefficient (Wildman–Crippen LogP) is 0.656. The Kier molecular flexibility index (Phi) is 6.77. The third kappa shape index (κ3) is 6.82. The zero-order chi connectivity index (χ0) is 15.8. The molecule has 1 rings (SSSR count). The number of amides is 3. The topological polar surface area (TPSA) is 96.5 Å². The number of carbonyl (C=O) groups is 3. The fourth-order valence-corrected chi connectivity index (χ4v) is 1.63. The fourth-order valence-electron chi connectivity index (χ4n) is 1.17. The van der Waals surface area contributed by atoms with Gasteiger partial charge in [0, 0.05) is 11.9 Å². The third-order valence-corrected chi connectivity index (χ3v) is 2.61. The van der Waals surface area contributed by atoms with Crippen molar-refractivity contribution in [1.29, 1.82) is 0 Å². The van der Waals surface area contributed by atoms with E-state index in [4.69, 9.17) is 27.9 Å². The van der Waals surface area contributed by atoms with Gasteiger partial charge in [-0.25, -0.2) is 0 Å². The molecule has 0 saturated heterocycles. The molecule has 0 bridgehead atoms. The smallest absolute Gasteiger partial charge is 0.258 e. The lowest BCUT2D eigenvalue weighted by atomic mass is 10.3. The van der Waals surface area contributed by atoms with Gasteiger partial charge in [0.1, 0.15) is 5.75 Å². The van der Waals surface area contributed by atoms with E-state index in [-0.39, 0.29) is 18.2 Å². The molecule has 21 heavy (non-hydrogen) atoms. The molecule has 9 heteroatoms. The summed E-state index contributed by atoms with van der Waals surface area (Å²) in [5.74, 6) is -1.20. The Morgan fingerprint density at radius 1 is 1.14 bits per heavy atom. The Morgan fingerprint density at radius 3 is 2.48 bits per heavy atom. The van der Waals surface area contributed by atoms with Crippen LogP contribution in [0.2, 0.25) is 10.0 Å². The van der Waals surface area contributed by atoms with Crippen LogP contribution in [0.5, 0.6) is 5.75 Å². The summed E-state index contributed by atoms with van der Waals surface area (Å²) in [7, 11) is 0. The van der Waals surface area contributed by atoms with E-state index < -0.39 is 17.7 Å². The van der Waals surface area contributed by atoms with Crippen molar-refractivity contribution in [2.75, 3.05) is 13.2 Å². The van der Waals surface area contributed by atoms with Crippen LogP contribution in [0, 0.1) is 0 Å². The summed E-state index contributed by atoms with van der Waals surface area (Å²) >= 11 is 11.6. The molecule has 0 aliphatic carbocycles. The van der Waals surface area contributed by atoms with E-state index >= 15 is 0 Å². The van der Waals surface area contributed by atoms with Gasteiger partial charge in [0.15, 0.2) is 6.61 Å². The molecule has 0 heterocycles. The first kappa shape index (κ1) is 17.1. The third-order valence-electron chi connectivity index (χ3n) is 2.08. The maximum absolute atomic E-state index is 11.5. The van der Waals surface area contributed by atoms with Crippen LogP contribution in [0.25, 0.3) is 0 Å². The number of hydrogen-bond donors (Lipinski definition) is 3. The average molecular weight is 334 g/mol. The number of nitrogens with one attached hydrogen (secondary N) is 3. The minimum atomic E-state index is -0.567. The number of hydrazine groups is 1. The van der Waals surface area contributed by atoms with Crippen molar-refractivity contribution in [3.05, 3.63) is 28.2 Å². The Labute approximate surface area is 130 Å². The summed E-state index contributed by atoms with van der Waals surface area (Å²) in [6, 6.07) is 4.58. The van der Waals surface area contributed by atoms with Gasteiger partial charge in [-0.15, -0.1) is 0 Å². The highest BCUT2D eigenvalue weighted by molar-refractivity contribution is 6.35. The molecule has 0 spiro atoms. The van der Waals surface area contributed by atoms with E-state index in [0.29, 0.717) is 10.8 Å². The quantitative estimate of drug-likeness (QED) is 0.689. The van der Waals surface area contributed by atoms with E-state index in [1.165, 1.54) is 19.1 Å². The molecule has 7 nitrogen and oxygen atoms in total. The molecule has 3 N–H and O–H groups in total. The van der Waals surface area contributed by atoms with Gasteiger partial charge in [-0.2, -0.15) is 0 Å². The van der Waals surface area contributed by atoms with E-state index in [9.17, 15) is 14.4 Å². The van der Waals surface area contributed by atoms with Gasteiger partial charge in [0.2, 0.25) is 5.91 Å². The van der Waals surface area contributed by atoms with Gasteiger partial charge >= 0.3 is 0 Å². The maximum atomic E-state index is 11.5. The zero-order valence-corrected chi connectivity index (χ0v) is 12.5. The van der Waals surface area contributed by atoms with Crippen molar-refractivity contribution in [3.63, 3.8) is 0 Å². The lowest BCUT2D eigenvalue weighted by Crippen LogP contribution is -2.46. The first-order valence-electron chi connectivity index (χ1n) is 5.78. The SMILES string of the molecule is CC(=O)NNC(=O)CNC(=O)COc1ccc(Cl)cc1Cl. The molecule has 0 radical (unpaired) electrons. The lowest BCUT2D eigenvalue weighted by molar-refractivity contribution is -0.129. The summed E-state index contributed by atoms with van der Waals surface area (Å²) in [4.78, 5) is 33.2. The van der Waals surface area contributed by atoms with Gasteiger partial charge in [0.05, 0.1) is 11.6 Å². The average Bonchev–Trinajstić information content (AvgIpc) is 2.41. The van der Waals surface area contributed by atoms with Gasteiger partial charge in [-0.05, 0) is 18.2 Å². The molecule has 0 atom stereocenters. The van der Waals surface area contributed by atoms with Crippen molar-refractivity contribution >= 4 is 40.9 Å². The zero-order valence-electron chi connectivity index (χ0n) is 11.0. The highest BCUT2D eigenvalue weighted by Gasteiger charge is 2.08. The molecule has 0 aliphatic heterocycles. The molecule has 1 aromatic rings. The van der Waals surface area contributed by atoms with Gasteiger partial charge in [-0.3, -0.25) is 25.2 Å². The fraction of sp³-hybridized carbons (Fsp3) is 0.250. The number of halogens is 2. The van der Waals surface area contributed by atoms with Crippen LogP contribution in [0.4, 0.5) is 0 Å². The Balaban J connectivity index is 2.31. The van der Waals surface area contributed by atoms with Crippen LogP contribution in [-0.4, -0.2) is 30.9 Å². The lowest BCUT2D eigenvalue weighted by Gasteiger charge is -2.09. The van der Waals surface area contributed by atoms with Crippen LogP contribution < -0.4 is 20.9 Å². The highest BCUT2D eigenvalue weighted by Crippen LogP contribution is 2.27. The molecule has 1 aromatic carbocycles. The Morgan fingerprint density at radius 2 is 1.86 bits per heavy atom. The second kappa shape index (κ2) is 8.33. The van der Waals surface area contributed by atoms with E-state index in [0.717, 1.165) is 0 Å². The van der Waals surface area contributed by atoms with Crippen molar-refractivity contribution in [1.82, 2.24) is 16.2 Å². The molecule has 0 fully saturated rings. The second-order valence-corrected chi connectivity index (χ2v) is 4.71. The van der Waals surface area contributed by atoms with Crippen molar-refractivity contribution in [2.24, 2.45) is 0 Å². The Bertz CT molecular complexity index is 551. The molecular weight excluding hydrogens is 321 g/mol. The summed E-state index contributed by atoms with van der Waals surface area (Å²) < 4.78 is 5.18. The second-order valence-electron chi connectivity index (χ2n) is 3.87. The van der Waals surface area contributed by atoms with Gasteiger partial charge < -0.3 is 10.1 Å². The molecule has 0 aromatic heterocycles. The Hall–Kier alpha value is -1.99. The molecule has 0 aliphatic rings. The first-order valence-corrected chi connectivity index (χ1v) is 6.54. The summed E-state index contributed by atoms with van der Waals surface area (Å²) in [6.45, 7) is 0.633. The van der Waals surface area contributed by atoms with Crippen LogP contribution in [-0.2, 0) is 14.4 Å². The van der Waals surface area contributed by atoms with Crippen molar-refractivity contribution in [2.45, 2.75) is 6.92 Å². The van der Waals surface area contributed by atoms with Crippen LogP contribution >= 0.6 is 23.2 Å². The minimum absolute atomic E-state index is 0.277. The molecule has 0 unspecified atom stereocenters. The number of hydrogen-bond acceptors (Lipinski definition) is 4. The molecule has 3 amide bonds. The maximum Gasteiger partial charge on any atom is 0.258 e. The van der Waals surface area contributed by atoms with Crippen LogP contribution in [0.1, 0.15) is 6.92 Å². The molecule has 114 valence electrons. The summed E-state index contributed by atoms with van der Waals surface area (Å²) in [5.41, 5.74) is 4.19. The predicted molar refractivity (Wildman–Crippen MR) is 76.9 cm³/mol. The van der Waals surface area contributed by atoms with Gasteiger partial charge in [0.25, 0.3) is 11.8 Å². The summed E-state index contributed by atoms with van der Waals surface area (Å²) in [5, 5.41) is 3.04. The first-order chi connectivity index (χ1) is 9.88. The molecular formula is C12H13Cl2N3O4. The van der Waals surface area contributed by atoms with E-state index in [1.54, 1.807) is 6.07 Å². The number of benzene rings is 1. The normalized spacial score (nSPS) is 9.67. The van der Waals surface area contributed by atoms with Crippen molar-refractivity contribution in [3.8, 4) is 5.75 Å². The van der Waals surface area contributed by atoms with E-state index in [1.807, 2.05) is 0 Å². The standard InChI is InChI=1S/C12H13Cl2N3O4/c1-7(18)16-17-11(19)5-15-12(20)6-21-10-3-2-8(13)4-9(10)14/h2-4H,5-6H2,1H3,(H,15,20)(H,16,18)(H,17,19). The van der Waals surface area contributed by atoms with Crippen LogP contribution in [0.3, 0.4) is 0 Å². The summed E-state index contributed by atoms with van der Waals surface area (Å²) in [6.07, 6.45) is 0.